The number of phenols is 1. The standard InChI is InChI=1S/C15H15IN2O4/c1-3-5-18-14(20)11(17-15(18)21)7-9-6-10(16)13(19)12(8-9)22-4-2/h3,6-8,19H,1,4-5H2,2H3,(H,17,21). The monoisotopic (exact) mass is 414 g/mol. The van der Waals surface area contributed by atoms with E-state index in [9.17, 15) is 14.7 Å². The molecular formula is C15H15IN2O4. The van der Waals surface area contributed by atoms with Crippen LogP contribution in [0.2, 0.25) is 0 Å². The van der Waals surface area contributed by atoms with E-state index in [-0.39, 0.29) is 18.0 Å². The van der Waals surface area contributed by atoms with E-state index in [1.165, 1.54) is 6.08 Å². The molecule has 0 bridgehead atoms. The van der Waals surface area contributed by atoms with Crippen LogP contribution in [0, 0.1) is 3.57 Å². The summed E-state index contributed by atoms with van der Waals surface area (Å²) < 4.78 is 5.94. The SMILES string of the molecule is C=CCN1C(=O)NC(=Cc2cc(I)c(O)c(OCC)c2)C1=O. The number of hydrogen-bond donors (Lipinski definition) is 2. The molecule has 0 unspecified atom stereocenters. The summed E-state index contributed by atoms with van der Waals surface area (Å²) in [5.74, 6) is -0.0217. The highest BCUT2D eigenvalue weighted by atomic mass is 127. The van der Waals surface area contributed by atoms with Gasteiger partial charge in [0.2, 0.25) is 0 Å². The Morgan fingerprint density at radius 1 is 1.45 bits per heavy atom. The lowest BCUT2D eigenvalue weighted by molar-refractivity contribution is -0.122. The highest BCUT2D eigenvalue weighted by Crippen LogP contribution is 2.33. The minimum atomic E-state index is -0.477. The van der Waals surface area contributed by atoms with Gasteiger partial charge in [-0.3, -0.25) is 9.69 Å². The van der Waals surface area contributed by atoms with Crippen molar-refractivity contribution in [3.8, 4) is 11.5 Å². The van der Waals surface area contributed by atoms with Gasteiger partial charge in [0.25, 0.3) is 5.91 Å². The Morgan fingerprint density at radius 3 is 2.82 bits per heavy atom. The van der Waals surface area contributed by atoms with Gasteiger partial charge in [0.1, 0.15) is 5.70 Å². The van der Waals surface area contributed by atoms with Crippen LogP contribution in [-0.2, 0) is 4.79 Å². The summed E-state index contributed by atoms with van der Waals surface area (Å²) in [5, 5.41) is 12.4. The van der Waals surface area contributed by atoms with Gasteiger partial charge < -0.3 is 15.2 Å². The number of hydrogen-bond acceptors (Lipinski definition) is 4. The molecule has 0 aliphatic carbocycles. The van der Waals surface area contributed by atoms with Crippen LogP contribution in [0.4, 0.5) is 4.79 Å². The summed E-state index contributed by atoms with van der Waals surface area (Å²) in [7, 11) is 0. The number of phenolic OH excluding ortho intramolecular Hbond substituents is 1. The number of ether oxygens (including phenoxy) is 1. The molecule has 3 amide bonds. The van der Waals surface area contributed by atoms with Gasteiger partial charge in [0.05, 0.1) is 10.2 Å². The first kappa shape index (κ1) is 16.3. The lowest BCUT2D eigenvalue weighted by atomic mass is 10.1. The maximum absolute atomic E-state index is 12.1. The van der Waals surface area contributed by atoms with Gasteiger partial charge in [-0.1, -0.05) is 6.08 Å². The fraction of sp³-hybridized carbons (Fsp3) is 0.200. The van der Waals surface area contributed by atoms with Crippen molar-refractivity contribution in [1.29, 1.82) is 0 Å². The first-order chi connectivity index (χ1) is 10.5. The van der Waals surface area contributed by atoms with Crippen molar-refractivity contribution < 1.29 is 19.4 Å². The summed E-state index contributed by atoms with van der Waals surface area (Å²) in [4.78, 5) is 24.9. The van der Waals surface area contributed by atoms with Crippen molar-refractivity contribution in [2.45, 2.75) is 6.92 Å². The highest BCUT2D eigenvalue weighted by Gasteiger charge is 2.32. The first-order valence-corrected chi connectivity index (χ1v) is 7.66. The summed E-state index contributed by atoms with van der Waals surface area (Å²) in [6, 6.07) is 2.83. The third kappa shape index (κ3) is 3.24. The molecule has 116 valence electrons. The number of benzene rings is 1. The maximum atomic E-state index is 12.1. The molecule has 1 aromatic carbocycles. The van der Waals surface area contributed by atoms with Gasteiger partial charge in [0.15, 0.2) is 11.5 Å². The molecule has 0 spiro atoms. The molecule has 1 aromatic rings. The Bertz CT molecular complexity index is 670. The van der Waals surface area contributed by atoms with E-state index >= 15 is 0 Å². The van der Waals surface area contributed by atoms with Crippen molar-refractivity contribution in [3.05, 3.63) is 39.6 Å². The lowest BCUT2D eigenvalue weighted by Gasteiger charge is -2.09. The summed E-state index contributed by atoms with van der Waals surface area (Å²) in [6.45, 7) is 5.89. The Hall–Kier alpha value is -2.03. The number of halogens is 1. The quantitative estimate of drug-likeness (QED) is 0.336. The van der Waals surface area contributed by atoms with Gasteiger partial charge in [-0.05, 0) is 53.3 Å². The molecule has 0 atom stereocenters. The number of amides is 3. The molecule has 2 N–H and O–H groups in total. The number of carbonyl (C=O) groups excluding carboxylic acids is 2. The smallest absolute Gasteiger partial charge is 0.329 e. The molecule has 7 heteroatoms. The van der Waals surface area contributed by atoms with Crippen LogP contribution >= 0.6 is 22.6 Å². The normalized spacial score (nSPS) is 16.1. The Morgan fingerprint density at radius 2 is 2.18 bits per heavy atom. The van der Waals surface area contributed by atoms with Crippen LogP contribution in [0.15, 0.2) is 30.5 Å². The average molecular weight is 414 g/mol. The molecule has 0 radical (unpaired) electrons. The van der Waals surface area contributed by atoms with Gasteiger partial charge in [-0.15, -0.1) is 6.58 Å². The zero-order valence-electron chi connectivity index (χ0n) is 11.9. The molecule has 6 nitrogen and oxygen atoms in total. The van der Waals surface area contributed by atoms with Crippen LogP contribution < -0.4 is 10.1 Å². The zero-order chi connectivity index (χ0) is 16.3. The molecule has 1 aliphatic rings. The molecule has 0 aromatic heterocycles. The zero-order valence-corrected chi connectivity index (χ0v) is 14.1. The van der Waals surface area contributed by atoms with Crippen molar-refractivity contribution in [2.75, 3.05) is 13.2 Å². The molecule has 0 saturated carbocycles. The molecule has 22 heavy (non-hydrogen) atoms. The second kappa shape index (κ2) is 6.82. The fourth-order valence-electron chi connectivity index (χ4n) is 1.98. The Labute approximate surface area is 141 Å². The van der Waals surface area contributed by atoms with E-state index in [4.69, 9.17) is 4.74 Å². The largest absolute Gasteiger partial charge is 0.504 e. The van der Waals surface area contributed by atoms with Crippen LogP contribution in [-0.4, -0.2) is 35.1 Å². The number of imide groups is 1. The topological polar surface area (TPSA) is 78.9 Å². The number of rotatable bonds is 5. The second-order valence-corrected chi connectivity index (χ2v) is 5.64. The van der Waals surface area contributed by atoms with E-state index in [2.05, 4.69) is 11.9 Å². The Kier molecular flexibility index (Phi) is 5.07. The molecule has 1 saturated heterocycles. The number of urea groups is 1. The van der Waals surface area contributed by atoms with Gasteiger partial charge >= 0.3 is 6.03 Å². The van der Waals surface area contributed by atoms with Crippen LogP contribution in [0.5, 0.6) is 11.5 Å². The van der Waals surface area contributed by atoms with E-state index in [1.54, 1.807) is 18.2 Å². The number of nitrogens with one attached hydrogen (secondary N) is 1. The third-order valence-corrected chi connectivity index (χ3v) is 3.76. The minimum absolute atomic E-state index is 0.0552. The lowest BCUT2D eigenvalue weighted by Crippen LogP contribution is -2.30. The maximum Gasteiger partial charge on any atom is 0.329 e. The minimum Gasteiger partial charge on any atom is -0.504 e. The number of carbonyl (C=O) groups is 2. The van der Waals surface area contributed by atoms with E-state index in [0.717, 1.165) is 4.90 Å². The van der Waals surface area contributed by atoms with Crippen LogP contribution in [0.1, 0.15) is 12.5 Å². The van der Waals surface area contributed by atoms with Gasteiger partial charge in [-0.25, -0.2) is 4.79 Å². The first-order valence-electron chi connectivity index (χ1n) is 6.58. The number of nitrogens with zero attached hydrogens (tertiary/aromatic N) is 1. The van der Waals surface area contributed by atoms with Crippen LogP contribution in [0.25, 0.3) is 6.08 Å². The van der Waals surface area contributed by atoms with Crippen molar-refractivity contribution >= 4 is 40.6 Å². The second-order valence-electron chi connectivity index (χ2n) is 4.48. The molecule has 1 aliphatic heterocycles. The summed E-state index contributed by atoms with van der Waals surface area (Å²) in [6.07, 6.45) is 3.03. The van der Waals surface area contributed by atoms with Crippen molar-refractivity contribution in [2.24, 2.45) is 0 Å². The van der Waals surface area contributed by atoms with E-state index in [0.29, 0.717) is 21.5 Å². The molecule has 2 rings (SSSR count). The predicted octanol–water partition coefficient (Wildman–Crippen LogP) is 2.47. The van der Waals surface area contributed by atoms with E-state index < -0.39 is 11.9 Å². The third-order valence-electron chi connectivity index (χ3n) is 2.94. The van der Waals surface area contributed by atoms with Crippen LogP contribution in [0.3, 0.4) is 0 Å². The Balaban J connectivity index is 2.35. The summed E-state index contributed by atoms with van der Waals surface area (Å²) >= 11 is 1.97. The average Bonchev–Trinajstić information content (AvgIpc) is 2.72. The van der Waals surface area contributed by atoms with Gasteiger partial charge in [0, 0.05) is 6.54 Å². The summed E-state index contributed by atoms with van der Waals surface area (Å²) in [5.41, 5.74) is 0.825. The molecular weight excluding hydrogens is 399 g/mol. The fourth-order valence-corrected chi connectivity index (χ4v) is 2.60. The van der Waals surface area contributed by atoms with E-state index in [1.807, 2.05) is 29.5 Å². The van der Waals surface area contributed by atoms with Crippen molar-refractivity contribution in [3.63, 3.8) is 0 Å². The van der Waals surface area contributed by atoms with Crippen molar-refractivity contribution in [1.82, 2.24) is 10.2 Å². The predicted molar refractivity (Wildman–Crippen MR) is 90.4 cm³/mol. The van der Waals surface area contributed by atoms with Gasteiger partial charge in [-0.2, -0.15) is 0 Å². The molecule has 1 fully saturated rings. The molecule has 1 heterocycles. The highest BCUT2D eigenvalue weighted by molar-refractivity contribution is 14.1. The number of aromatic hydroxyl groups is 1.